The molecule has 0 fully saturated rings. The fraction of sp³-hybridized carbons (Fsp3) is 0.333. The van der Waals surface area contributed by atoms with Crippen molar-refractivity contribution in [3.05, 3.63) is 23.0 Å². The number of hydrogen-bond acceptors (Lipinski definition) is 4. The maximum absolute atomic E-state index is 13.5. The summed E-state index contributed by atoms with van der Waals surface area (Å²) in [5.74, 6) is -1.32. The van der Waals surface area contributed by atoms with Crippen molar-refractivity contribution < 1.29 is 18.5 Å². The van der Waals surface area contributed by atoms with E-state index in [1.54, 1.807) is 10.8 Å². The molecule has 0 aliphatic heterocycles. The molecule has 0 saturated heterocycles. The van der Waals surface area contributed by atoms with Gasteiger partial charge in [-0.15, -0.1) is 0 Å². The number of hydrogen-bond donors (Lipinski definition) is 1. The number of imidazole rings is 1. The Morgan fingerprint density at radius 2 is 2.29 bits per heavy atom. The van der Waals surface area contributed by atoms with Crippen molar-refractivity contribution in [1.82, 2.24) is 9.55 Å². The molecule has 1 unspecified atom stereocenters. The zero-order valence-electron chi connectivity index (χ0n) is 11.0. The van der Waals surface area contributed by atoms with Crippen molar-refractivity contribution in [3.8, 4) is 0 Å². The van der Waals surface area contributed by atoms with Gasteiger partial charge in [0.2, 0.25) is 0 Å². The molecule has 0 bridgehead atoms. The van der Waals surface area contributed by atoms with Crippen molar-refractivity contribution in [2.45, 2.75) is 11.7 Å². The number of halogens is 2. The molecule has 0 saturated carbocycles. The van der Waals surface area contributed by atoms with Gasteiger partial charge in [0.05, 0.1) is 21.8 Å². The molecule has 0 radical (unpaired) electrons. The largest absolute Gasteiger partial charge is 0.481 e. The van der Waals surface area contributed by atoms with Gasteiger partial charge in [0.25, 0.3) is 0 Å². The van der Waals surface area contributed by atoms with Crippen molar-refractivity contribution in [3.63, 3.8) is 0 Å². The van der Waals surface area contributed by atoms with E-state index in [1.807, 2.05) is 0 Å². The Morgan fingerprint density at radius 1 is 1.57 bits per heavy atom. The maximum atomic E-state index is 13.5. The molecule has 1 heterocycles. The van der Waals surface area contributed by atoms with Gasteiger partial charge < -0.3 is 9.67 Å². The van der Waals surface area contributed by atoms with E-state index in [9.17, 15) is 13.4 Å². The first kappa shape index (κ1) is 16.3. The molecule has 1 aromatic carbocycles. The normalized spacial score (nSPS) is 12.7. The van der Waals surface area contributed by atoms with Gasteiger partial charge in [-0.25, -0.2) is 9.37 Å². The van der Waals surface area contributed by atoms with Crippen molar-refractivity contribution in [2.24, 2.45) is 0 Å². The summed E-state index contributed by atoms with van der Waals surface area (Å²) in [6, 6.07) is 2.66. The van der Waals surface area contributed by atoms with Crippen molar-refractivity contribution in [2.75, 3.05) is 17.8 Å². The molecule has 0 aliphatic rings. The van der Waals surface area contributed by atoms with Crippen molar-refractivity contribution in [1.29, 1.82) is 0 Å². The zero-order chi connectivity index (χ0) is 15.6. The fourth-order valence-electron chi connectivity index (χ4n) is 1.77. The molecular formula is C12H12ClFN2O3S2. The SMILES string of the molecule is CS(=O)CCn1c(SCC(=O)O)nc2cc(F)c(Cl)cc21. The summed E-state index contributed by atoms with van der Waals surface area (Å²) in [6.45, 7) is 0.392. The molecule has 0 aliphatic carbocycles. The van der Waals surface area contributed by atoms with Crippen LogP contribution in [0.1, 0.15) is 0 Å². The summed E-state index contributed by atoms with van der Waals surface area (Å²) < 4.78 is 26.5. The number of aryl methyl sites for hydroxylation is 1. The predicted octanol–water partition coefficient (Wildman–Crippen LogP) is 2.38. The smallest absolute Gasteiger partial charge is 0.313 e. The number of thioether (sulfide) groups is 1. The Balaban J connectivity index is 2.46. The first-order chi connectivity index (χ1) is 9.88. The number of fused-ring (bicyclic) bond motifs is 1. The maximum Gasteiger partial charge on any atom is 0.313 e. The van der Waals surface area contributed by atoms with E-state index in [2.05, 4.69) is 4.98 Å². The lowest BCUT2D eigenvalue weighted by Crippen LogP contribution is -2.08. The topological polar surface area (TPSA) is 72.2 Å². The third-order valence-electron chi connectivity index (χ3n) is 2.68. The first-order valence-corrected chi connectivity index (χ1v) is 8.97. The Bertz CT molecular complexity index is 720. The van der Waals surface area contributed by atoms with Crippen LogP contribution in [-0.4, -0.2) is 42.6 Å². The fourth-order valence-corrected chi connectivity index (χ4v) is 3.13. The van der Waals surface area contributed by atoms with Gasteiger partial charge in [-0.3, -0.25) is 9.00 Å². The van der Waals surface area contributed by atoms with Crippen LogP contribution in [0.2, 0.25) is 5.02 Å². The number of rotatable bonds is 6. The van der Waals surface area contributed by atoms with Gasteiger partial charge in [-0.05, 0) is 6.07 Å². The number of carboxylic acid groups (broad SMARTS) is 1. The quantitative estimate of drug-likeness (QED) is 0.810. The standard InChI is InChI=1S/C12H12ClFN2O3S2/c1-21(19)3-2-16-10-4-7(13)8(14)5-9(10)15-12(16)20-6-11(17)18/h4-5H,2-3,6H2,1H3,(H,17,18). The van der Waals surface area contributed by atoms with E-state index in [0.717, 1.165) is 11.8 Å². The van der Waals surface area contributed by atoms with Gasteiger partial charge in [-0.2, -0.15) is 0 Å². The van der Waals surface area contributed by atoms with Crippen LogP contribution in [0, 0.1) is 5.82 Å². The molecule has 1 aromatic heterocycles. The highest BCUT2D eigenvalue weighted by molar-refractivity contribution is 7.99. The lowest BCUT2D eigenvalue weighted by atomic mass is 10.3. The Labute approximate surface area is 131 Å². The van der Waals surface area contributed by atoms with Gasteiger partial charge in [0.15, 0.2) is 5.16 Å². The molecule has 2 aromatic rings. The molecule has 1 N–H and O–H groups in total. The second kappa shape index (κ2) is 6.76. The number of carboxylic acids is 1. The highest BCUT2D eigenvalue weighted by Gasteiger charge is 2.15. The molecule has 114 valence electrons. The van der Waals surface area contributed by atoms with E-state index in [0.29, 0.717) is 28.5 Å². The van der Waals surface area contributed by atoms with Crippen LogP contribution in [0.15, 0.2) is 17.3 Å². The van der Waals surface area contributed by atoms with Gasteiger partial charge in [0.1, 0.15) is 5.82 Å². The van der Waals surface area contributed by atoms with Gasteiger partial charge >= 0.3 is 5.97 Å². The number of aromatic nitrogens is 2. The molecule has 0 spiro atoms. The third kappa shape index (κ3) is 3.96. The van der Waals surface area contributed by atoms with Crippen LogP contribution in [0.25, 0.3) is 11.0 Å². The number of nitrogens with zero attached hydrogens (tertiary/aromatic N) is 2. The summed E-state index contributed by atoms with van der Waals surface area (Å²) in [6.07, 6.45) is 1.58. The van der Waals surface area contributed by atoms with Crippen LogP contribution >= 0.6 is 23.4 Å². The van der Waals surface area contributed by atoms with Gasteiger partial charge in [-0.1, -0.05) is 23.4 Å². The molecule has 9 heteroatoms. The minimum atomic E-state index is -1.01. The molecule has 5 nitrogen and oxygen atoms in total. The minimum Gasteiger partial charge on any atom is -0.481 e. The molecular weight excluding hydrogens is 339 g/mol. The summed E-state index contributed by atoms with van der Waals surface area (Å²) in [5.41, 5.74) is 0.992. The second-order valence-electron chi connectivity index (χ2n) is 4.26. The summed E-state index contributed by atoms with van der Waals surface area (Å²) in [7, 11) is -1.01. The lowest BCUT2D eigenvalue weighted by molar-refractivity contribution is -0.133. The van der Waals surface area contributed by atoms with E-state index in [1.165, 1.54) is 12.1 Å². The Hall–Kier alpha value is -1.12. The summed E-state index contributed by atoms with van der Waals surface area (Å²) >= 11 is 6.81. The third-order valence-corrected chi connectivity index (χ3v) is 4.69. The van der Waals surface area contributed by atoms with Crippen LogP contribution in [0.3, 0.4) is 0 Å². The van der Waals surface area contributed by atoms with Gasteiger partial charge in [0, 0.05) is 35.4 Å². The summed E-state index contributed by atoms with van der Waals surface area (Å²) in [5, 5.41) is 9.17. The summed E-state index contributed by atoms with van der Waals surface area (Å²) in [4.78, 5) is 14.9. The molecule has 1 atom stereocenters. The van der Waals surface area contributed by atoms with E-state index >= 15 is 0 Å². The van der Waals surface area contributed by atoms with E-state index < -0.39 is 22.6 Å². The Morgan fingerprint density at radius 3 is 2.90 bits per heavy atom. The zero-order valence-corrected chi connectivity index (χ0v) is 13.4. The molecule has 2 rings (SSSR count). The van der Waals surface area contributed by atoms with Crippen molar-refractivity contribution >= 4 is 51.2 Å². The average molecular weight is 351 g/mol. The van der Waals surface area contributed by atoms with Crippen LogP contribution in [-0.2, 0) is 22.1 Å². The second-order valence-corrected chi connectivity index (χ2v) is 7.17. The highest BCUT2D eigenvalue weighted by atomic mass is 35.5. The minimum absolute atomic E-state index is 0.0314. The number of aliphatic carboxylic acids is 1. The molecule has 21 heavy (non-hydrogen) atoms. The number of carbonyl (C=O) groups is 1. The average Bonchev–Trinajstić information content (AvgIpc) is 2.71. The number of benzene rings is 1. The van der Waals surface area contributed by atoms with Crippen LogP contribution < -0.4 is 0 Å². The van der Waals surface area contributed by atoms with Crippen LogP contribution in [0.4, 0.5) is 4.39 Å². The van der Waals surface area contributed by atoms with E-state index in [-0.39, 0.29) is 10.8 Å². The van der Waals surface area contributed by atoms with Crippen LogP contribution in [0.5, 0.6) is 0 Å². The van der Waals surface area contributed by atoms with E-state index in [4.69, 9.17) is 16.7 Å². The highest BCUT2D eigenvalue weighted by Crippen LogP contribution is 2.28. The lowest BCUT2D eigenvalue weighted by Gasteiger charge is -2.07. The monoisotopic (exact) mass is 350 g/mol. The predicted molar refractivity (Wildman–Crippen MR) is 82.0 cm³/mol. The molecule has 0 amide bonds. The first-order valence-electron chi connectivity index (χ1n) is 5.88. The Kier molecular flexibility index (Phi) is 5.23.